The first kappa shape index (κ1) is 20.8. The lowest BCUT2D eigenvalue weighted by molar-refractivity contribution is 0.324. The van der Waals surface area contributed by atoms with Gasteiger partial charge in [-0.2, -0.15) is 0 Å². The molecule has 0 unspecified atom stereocenters. The third-order valence-electron chi connectivity index (χ3n) is 5.07. The highest BCUT2D eigenvalue weighted by Gasteiger charge is 2.25. The van der Waals surface area contributed by atoms with Crippen LogP contribution in [0.3, 0.4) is 0 Å². The number of methoxy groups -OCH3 is 3. The summed E-state index contributed by atoms with van der Waals surface area (Å²) >= 11 is 1.79. The largest absolute Gasteiger partial charge is 0.493 e. The molecule has 0 N–H and O–H groups in total. The first-order valence-corrected chi connectivity index (χ1v) is 11.0. The molecule has 1 aromatic carbocycles. The van der Waals surface area contributed by atoms with Gasteiger partial charge < -0.3 is 14.2 Å². The number of nitrogens with zero attached hydrogens (tertiary/aromatic N) is 3. The van der Waals surface area contributed by atoms with Gasteiger partial charge in [0.2, 0.25) is 5.75 Å². The fourth-order valence-corrected chi connectivity index (χ4v) is 4.65. The molecule has 1 aliphatic rings. The Morgan fingerprint density at radius 3 is 2.18 bits per heavy atom. The standard InChI is InChI=1S/C21H31N3O3S/c1-14(2)13-28-21-23-22-20(24(21)16-9-7-6-8-10-16)15-11-17(25-3)19(27-5)18(12-15)26-4/h11-12,14,16H,6-10,13H2,1-5H3. The van der Waals surface area contributed by atoms with E-state index in [9.17, 15) is 0 Å². The Kier molecular flexibility index (Phi) is 7.10. The third kappa shape index (κ3) is 4.40. The molecular formula is C21H31N3O3S. The van der Waals surface area contributed by atoms with Crippen molar-refractivity contribution in [1.29, 1.82) is 0 Å². The molecule has 0 atom stereocenters. The van der Waals surface area contributed by atoms with Crippen LogP contribution < -0.4 is 14.2 Å². The van der Waals surface area contributed by atoms with Gasteiger partial charge in [-0.3, -0.25) is 4.57 Å². The van der Waals surface area contributed by atoms with Gasteiger partial charge in [-0.05, 0) is 30.9 Å². The van der Waals surface area contributed by atoms with Crippen molar-refractivity contribution < 1.29 is 14.2 Å². The van der Waals surface area contributed by atoms with Gasteiger partial charge in [-0.25, -0.2) is 0 Å². The van der Waals surface area contributed by atoms with Crippen molar-refractivity contribution in [3.8, 4) is 28.6 Å². The fourth-order valence-electron chi connectivity index (χ4n) is 3.69. The van der Waals surface area contributed by atoms with E-state index in [1.807, 2.05) is 12.1 Å². The van der Waals surface area contributed by atoms with E-state index in [2.05, 4.69) is 28.6 Å². The number of benzene rings is 1. The highest BCUT2D eigenvalue weighted by Crippen LogP contribution is 2.43. The summed E-state index contributed by atoms with van der Waals surface area (Å²) in [5.74, 6) is 4.35. The average molecular weight is 406 g/mol. The first-order chi connectivity index (χ1) is 13.6. The van der Waals surface area contributed by atoms with Crippen molar-refractivity contribution in [2.45, 2.75) is 57.1 Å². The van der Waals surface area contributed by atoms with Crippen molar-refractivity contribution in [2.24, 2.45) is 5.92 Å². The molecule has 0 bridgehead atoms. The summed E-state index contributed by atoms with van der Waals surface area (Å²) in [5, 5.41) is 10.1. The molecule has 1 heterocycles. The van der Waals surface area contributed by atoms with Crippen LogP contribution in [-0.4, -0.2) is 41.8 Å². The average Bonchev–Trinajstić information content (AvgIpc) is 3.15. The van der Waals surface area contributed by atoms with Crippen molar-refractivity contribution in [3.63, 3.8) is 0 Å². The summed E-state index contributed by atoms with van der Waals surface area (Å²) in [6.45, 7) is 4.46. The Morgan fingerprint density at radius 1 is 1.00 bits per heavy atom. The van der Waals surface area contributed by atoms with Gasteiger partial charge in [-0.15, -0.1) is 10.2 Å². The van der Waals surface area contributed by atoms with Gasteiger partial charge in [0.25, 0.3) is 0 Å². The number of hydrogen-bond donors (Lipinski definition) is 0. The van der Waals surface area contributed by atoms with Crippen LogP contribution in [0.1, 0.15) is 52.0 Å². The predicted octanol–water partition coefficient (Wildman–Crippen LogP) is 5.22. The van der Waals surface area contributed by atoms with Crippen molar-refractivity contribution in [2.75, 3.05) is 27.1 Å². The Bertz CT molecular complexity index is 760. The molecule has 6 nitrogen and oxygen atoms in total. The molecule has 7 heteroatoms. The summed E-state index contributed by atoms with van der Waals surface area (Å²) in [6, 6.07) is 4.36. The normalized spacial score (nSPS) is 15.1. The molecule has 0 saturated heterocycles. The molecule has 0 amide bonds. The summed E-state index contributed by atoms with van der Waals surface area (Å²) < 4.78 is 18.9. The van der Waals surface area contributed by atoms with Crippen LogP contribution in [-0.2, 0) is 0 Å². The maximum absolute atomic E-state index is 5.54. The SMILES string of the molecule is COc1cc(-c2nnc(SCC(C)C)n2C2CCCCC2)cc(OC)c1OC. The molecular weight excluding hydrogens is 374 g/mol. The van der Waals surface area contributed by atoms with Gasteiger partial charge in [0.1, 0.15) is 0 Å². The Balaban J connectivity index is 2.08. The molecule has 154 valence electrons. The second-order valence-electron chi connectivity index (χ2n) is 7.59. The summed E-state index contributed by atoms with van der Waals surface area (Å²) in [7, 11) is 4.89. The van der Waals surface area contributed by atoms with E-state index in [1.54, 1.807) is 33.1 Å². The second kappa shape index (κ2) is 9.54. The Labute approximate surface area is 172 Å². The first-order valence-electron chi connectivity index (χ1n) is 9.97. The minimum absolute atomic E-state index is 0.438. The quantitative estimate of drug-likeness (QED) is 0.561. The van der Waals surface area contributed by atoms with Gasteiger partial charge in [0.05, 0.1) is 21.3 Å². The molecule has 28 heavy (non-hydrogen) atoms. The molecule has 1 fully saturated rings. The minimum Gasteiger partial charge on any atom is -0.493 e. The molecule has 1 saturated carbocycles. The maximum Gasteiger partial charge on any atom is 0.203 e. The second-order valence-corrected chi connectivity index (χ2v) is 8.57. The number of thioether (sulfide) groups is 1. The zero-order valence-electron chi connectivity index (χ0n) is 17.5. The van der Waals surface area contributed by atoms with E-state index in [-0.39, 0.29) is 0 Å². The molecule has 0 spiro atoms. The lowest BCUT2D eigenvalue weighted by atomic mass is 9.95. The highest BCUT2D eigenvalue weighted by atomic mass is 32.2. The van der Waals surface area contributed by atoms with Crippen LogP contribution in [0.4, 0.5) is 0 Å². The molecule has 0 radical (unpaired) electrons. The molecule has 0 aliphatic heterocycles. The van der Waals surface area contributed by atoms with Gasteiger partial charge >= 0.3 is 0 Å². The van der Waals surface area contributed by atoms with Crippen LogP contribution in [0.5, 0.6) is 17.2 Å². The van der Waals surface area contributed by atoms with E-state index >= 15 is 0 Å². The zero-order chi connectivity index (χ0) is 20.1. The van der Waals surface area contributed by atoms with Crippen LogP contribution in [0.25, 0.3) is 11.4 Å². The van der Waals surface area contributed by atoms with E-state index in [4.69, 9.17) is 14.2 Å². The van der Waals surface area contributed by atoms with E-state index in [1.165, 1.54) is 32.1 Å². The monoisotopic (exact) mass is 405 g/mol. The van der Waals surface area contributed by atoms with Crippen molar-refractivity contribution >= 4 is 11.8 Å². The van der Waals surface area contributed by atoms with E-state index in [0.717, 1.165) is 22.3 Å². The predicted molar refractivity (Wildman–Crippen MR) is 113 cm³/mol. The zero-order valence-corrected chi connectivity index (χ0v) is 18.3. The molecule has 2 aromatic rings. The highest BCUT2D eigenvalue weighted by molar-refractivity contribution is 7.99. The topological polar surface area (TPSA) is 58.4 Å². The smallest absolute Gasteiger partial charge is 0.203 e. The number of ether oxygens (including phenoxy) is 3. The minimum atomic E-state index is 0.438. The maximum atomic E-state index is 5.54. The van der Waals surface area contributed by atoms with Crippen LogP contribution in [0, 0.1) is 5.92 Å². The fraction of sp³-hybridized carbons (Fsp3) is 0.619. The molecule has 1 aromatic heterocycles. The lowest BCUT2D eigenvalue weighted by Gasteiger charge is -2.26. The lowest BCUT2D eigenvalue weighted by Crippen LogP contribution is -2.15. The Hall–Kier alpha value is -1.89. The van der Waals surface area contributed by atoms with Gasteiger partial charge in [0, 0.05) is 17.4 Å². The third-order valence-corrected chi connectivity index (χ3v) is 6.44. The molecule has 1 aliphatic carbocycles. The van der Waals surface area contributed by atoms with E-state index in [0.29, 0.717) is 29.2 Å². The Morgan fingerprint density at radius 2 is 1.64 bits per heavy atom. The summed E-state index contributed by atoms with van der Waals surface area (Å²) in [6.07, 6.45) is 6.17. The number of hydrogen-bond acceptors (Lipinski definition) is 6. The number of rotatable bonds is 8. The molecule has 3 rings (SSSR count). The van der Waals surface area contributed by atoms with Crippen molar-refractivity contribution in [1.82, 2.24) is 14.8 Å². The van der Waals surface area contributed by atoms with Gasteiger partial charge in [0.15, 0.2) is 22.5 Å². The van der Waals surface area contributed by atoms with Crippen LogP contribution in [0.15, 0.2) is 17.3 Å². The van der Waals surface area contributed by atoms with E-state index < -0.39 is 0 Å². The van der Waals surface area contributed by atoms with Crippen LogP contribution >= 0.6 is 11.8 Å². The number of aromatic nitrogens is 3. The van der Waals surface area contributed by atoms with Gasteiger partial charge in [-0.1, -0.05) is 44.9 Å². The summed E-state index contributed by atoms with van der Waals surface area (Å²) in [5.41, 5.74) is 0.934. The van der Waals surface area contributed by atoms with Crippen molar-refractivity contribution in [3.05, 3.63) is 12.1 Å². The van der Waals surface area contributed by atoms with Crippen LogP contribution in [0.2, 0.25) is 0 Å². The summed E-state index contributed by atoms with van der Waals surface area (Å²) in [4.78, 5) is 0.